The Balaban J connectivity index is 1.76. The Hall–Kier alpha value is -3.98. The number of fused-ring (bicyclic) bond motifs is 1. The lowest BCUT2D eigenvalue weighted by Gasteiger charge is -2.14. The average molecular weight is 404 g/mol. The molecule has 0 aliphatic carbocycles. The Kier molecular flexibility index (Phi) is 5.27. The van der Waals surface area contributed by atoms with E-state index in [9.17, 15) is 14.7 Å². The number of benzene rings is 2. The van der Waals surface area contributed by atoms with E-state index in [0.717, 1.165) is 5.56 Å². The second kappa shape index (κ2) is 8.18. The highest BCUT2D eigenvalue weighted by molar-refractivity contribution is 5.80. The topological polar surface area (TPSA) is 117 Å². The van der Waals surface area contributed by atoms with Crippen molar-refractivity contribution in [2.45, 2.75) is 12.6 Å². The molecule has 0 radical (unpaired) electrons. The first kappa shape index (κ1) is 19.3. The van der Waals surface area contributed by atoms with Crippen LogP contribution in [0.1, 0.15) is 17.2 Å². The molecule has 0 unspecified atom stereocenters. The van der Waals surface area contributed by atoms with Crippen LogP contribution in [0.25, 0.3) is 11.2 Å². The molecule has 2 aromatic carbocycles. The number of hydrogen-bond donors (Lipinski definition) is 3. The van der Waals surface area contributed by atoms with Crippen molar-refractivity contribution in [2.75, 3.05) is 5.43 Å². The quantitative estimate of drug-likeness (QED) is 0.333. The summed E-state index contributed by atoms with van der Waals surface area (Å²) in [6.45, 7) is 0.0466. The van der Waals surface area contributed by atoms with E-state index >= 15 is 0 Å². The fourth-order valence-electron chi connectivity index (χ4n) is 3.15. The fourth-order valence-corrected chi connectivity index (χ4v) is 3.15. The molecular weight excluding hydrogens is 384 g/mol. The Morgan fingerprint density at radius 1 is 1.13 bits per heavy atom. The number of aliphatic hydroxyl groups excluding tert-OH is 1. The van der Waals surface area contributed by atoms with E-state index in [1.165, 1.54) is 16.2 Å². The molecule has 0 spiro atoms. The number of aliphatic hydroxyl groups is 1. The monoisotopic (exact) mass is 404 g/mol. The van der Waals surface area contributed by atoms with Crippen LogP contribution in [0.5, 0.6) is 0 Å². The zero-order valence-electron chi connectivity index (χ0n) is 16.2. The molecule has 9 nitrogen and oxygen atoms in total. The van der Waals surface area contributed by atoms with E-state index in [0.29, 0.717) is 5.56 Å². The van der Waals surface area contributed by atoms with Crippen molar-refractivity contribution < 1.29 is 5.11 Å². The van der Waals surface area contributed by atoms with E-state index in [4.69, 9.17) is 0 Å². The van der Waals surface area contributed by atoms with Crippen LogP contribution in [-0.2, 0) is 13.6 Å². The van der Waals surface area contributed by atoms with Crippen molar-refractivity contribution in [1.82, 2.24) is 19.1 Å². The van der Waals surface area contributed by atoms with Gasteiger partial charge in [-0.15, -0.1) is 0 Å². The number of imidazole rings is 1. The maximum Gasteiger partial charge on any atom is 0.329 e. The van der Waals surface area contributed by atoms with Gasteiger partial charge in [0.15, 0.2) is 11.2 Å². The lowest BCUT2D eigenvalue weighted by atomic mass is 10.1. The van der Waals surface area contributed by atoms with Crippen molar-refractivity contribution in [3.8, 4) is 0 Å². The largest absolute Gasteiger partial charge is 0.387 e. The van der Waals surface area contributed by atoms with Gasteiger partial charge in [0.05, 0.1) is 18.9 Å². The summed E-state index contributed by atoms with van der Waals surface area (Å²) in [5, 5.41) is 14.9. The van der Waals surface area contributed by atoms with Gasteiger partial charge in [-0.05, 0) is 11.1 Å². The highest BCUT2D eigenvalue weighted by Crippen LogP contribution is 2.21. The number of aryl methyl sites for hydroxylation is 1. The van der Waals surface area contributed by atoms with E-state index in [-0.39, 0.29) is 23.7 Å². The third kappa shape index (κ3) is 3.78. The fraction of sp³-hybridized carbons (Fsp3) is 0.143. The number of nitrogens with zero attached hydrogens (tertiary/aromatic N) is 4. The molecule has 0 bridgehead atoms. The zero-order chi connectivity index (χ0) is 21.1. The lowest BCUT2D eigenvalue weighted by Crippen LogP contribution is -2.29. The van der Waals surface area contributed by atoms with Crippen LogP contribution in [0.3, 0.4) is 0 Å². The minimum atomic E-state index is -0.890. The molecule has 2 heterocycles. The molecule has 0 saturated heterocycles. The van der Waals surface area contributed by atoms with Gasteiger partial charge in [0.25, 0.3) is 5.56 Å². The summed E-state index contributed by atoms with van der Waals surface area (Å²) in [5.41, 5.74) is 3.61. The second-order valence-corrected chi connectivity index (χ2v) is 6.74. The molecule has 0 saturated carbocycles. The van der Waals surface area contributed by atoms with E-state index in [2.05, 4.69) is 20.5 Å². The van der Waals surface area contributed by atoms with E-state index < -0.39 is 17.4 Å². The molecule has 0 aliphatic heterocycles. The van der Waals surface area contributed by atoms with Crippen LogP contribution in [0.15, 0.2) is 75.4 Å². The van der Waals surface area contributed by atoms with Crippen LogP contribution in [0, 0.1) is 0 Å². The van der Waals surface area contributed by atoms with Gasteiger partial charge < -0.3 is 5.11 Å². The predicted molar refractivity (Wildman–Crippen MR) is 115 cm³/mol. The normalized spacial score (nSPS) is 12.5. The van der Waals surface area contributed by atoms with E-state index in [1.54, 1.807) is 18.3 Å². The summed E-state index contributed by atoms with van der Waals surface area (Å²) in [6, 6.07) is 18.6. The second-order valence-electron chi connectivity index (χ2n) is 6.74. The van der Waals surface area contributed by atoms with Gasteiger partial charge in [0, 0.05) is 7.05 Å². The number of aromatic amines is 1. The van der Waals surface area contributed by atoms with Crippen LogP contribution in [-0.4, -0.2) is 30.4 Å². The minimum Gasteiger partial charge on any atom is -0.387 e. The van der Waals surface area contributed by atoms with Gasteiger partial charge in [-0.25, -0.2) is 10.2 Å². The maximum atomic E-state index is 12.5. The first-order valence-electron chi connectivity index (χ1n) is 9.31. The molecule has 2 aromatic heterocycles. The minimum absolute atomic E-state index is 0.0466. The average Bonchev–Trinajstić information content (AvgIpc) is 3.12. The summed E-state index contributed by atoms with van der Waals surface area (Å²) in [5.74, 6) is 0.235. The third-order valence-corrected chi connectivity index (χ3v) is 4.72. The van der Waals surface area contributed by atoms with Crippen LogP contribution < -0.4 is 16.7 Å². The van der Waals surface area contributed by atoms with Gasteiger partial charge >= 0.3 is 5.69 Å². The molecule has 152 valence electrons. The van der Waals surface area contributed by atoms with Crippen LogP contribution in [0.4, 0.5) is 5.95 Å². The van der Waals surface area contributed by atoms with Crippen molar-refractivity contribution in [3.05, 3.63) is 92.6 Å². The first-order chi connectivity index (χ1) is 14.5. The standard InChI is InChI=1S/C21H20N6O3/c1-26-18-17(19(29)24-21(26)30)27(13-16(28)15-10-6-3-7-11-15)20(23-18)25-22-12-14-8-4-2-5-9-14/h2-12,16,28H,13H2,1H3,(H,23,25)(H,24,29,30)/b22-12-/t16-/m1/s1. The number of H-pyrrole nitrogens is 1. The third-order valence-electron chi connectivity index (χ3n) is 4.72. The van der Waals surface area contributed by atoms with Gasteiger partial charge in [0.2, 0.25) is 5.95 Å². The molecule has 4 aromatic rings. The smallest absolute Gasteiger partial charge is 0.329 e. The highest BCUT2D eigenvalue weighted by atomic mass is 16.3. The van der Waals surface area contributed by atoms with Gasteiger partial charge in [0.1, 0.15) is 0 Å². The summed E-state index contributed by atoms with van der Waals surface area (Å²) < 4.78 is 2.77. The summed E-state index contributed by atoms with van der Waals surface area (Å²) >= 11 is 0. The van der Waals surface area contributed by atoms with E-state index in [1.807, 2.05) is 48.5 Å². The molecule has 30 heavy (non-hydrogen) atoms. The highest BCUT2D eigenvalue weighted by Gasteiger charge is 2.20. The lowest BCUT2D eigenvalue weighted by molar-refractivity contribution is 0.158. The Bertz CT molecular complexity index is 1310. The van der Waals surface area contributed by atoms with Gasteiger partial charge in [-0.1, -0.05) is 60.7 Å². The number of rotatable bonds is 6. The number of hydrazone groups is 1. The Morgan fingerprint density at radius 3 is 2.50 bits per heavy atom. The van der Waals surface area contributed by atoms with Crippen molar-refractivity contribution in [2.24, 2.45) is 12.1 Å². The Morgan fingerprint density at radius 2 is 1.80 bits per heavy atom. The number of anilines is 1. The zero-order valence-corrected chi connectivity index (χ0v) is 16.2. The number of nitrogens with one attached hydrogen (secondary N) is 2. The van der Waals surface area contributed by atoms with Gasteiger partial charge in [-0.2, -0.15) is 10.1 Å². The first-order valence-corrected chi connectivity index (χ1v) is 9.31. The van der Waals surface area contributed by atoms with Gasteiger partial charge in [-0.3, -0.25) is 18.9 Å². The van der Waals surface area contributed by atoms with Crippen molar-refractivity contribution in [1.29, 1.82) is 0 Å². The molecule has 4 rings (SSSR count). The predicted octanol–water partition coefficient (Wildman–Crippen LogP) is 1.60. The van der Waals surface area contributed by atoms with Crippen LogP contribution >= 0.6 is 0 Å². The summed E-state index contributed by atoms with van der Waals surface area (Å²) in [7, 11) is 1.52. The molecule has 1 atom stereocenters. The SMILES string of the molecule is Cn1c(=O)[nH]c(=O)c2c1nc(N/N=C\c1ccccc1)n2C[C@@H](O)c1ccccc1. The number of aromatic nitrogens is 4. The molecule has 0 amide bonds. The molecule has 0 fully saturated rings. The Labute approximate surface area is 171 Å². The van der Waals surface area contributed by atoms with Crippen LogP contribution in [0.2, 0.25) is 0 Å². The number of hydrogen-bond acceptors (Lipinski definition) is 6. The molecular formula is C21H20N6O3. The summed E-state index contributed by atoms with van der Waals surface area (Å²) in [4.78, 5) is 31.2. The molecule has 0 aliphatic rings. The maximum absolute atomic E-state index is 12.5. The van der Waals surface area contributed by atoms with Crippen molar-refractivity contribution >= 4 is 23.3 Å². The molecule has 9 heteroatoms. The molecule has 3 N–H and O–H groups in total. The summed E-state index contributed by atoms with van der Waals surface area (Å²) in [6.07, 6.45) is 0.722. The van der Waals surface area contributed by atoms with Crippen molar-refractivity contribution in [3.63, 3.8) is 0 Å².